The number of hydrogen-bond acceptors (Lipinski definition) is 4. The summed E-state index contributed by atoms with van der Waals surface area (Å²) in [4.78, 5) is 2.67. The van der Waals surface area contributed by atoms with E-state index in [1.807, 2.05) is 0 Å². The molecule has 0 radical (unpaired) electrons. The third-order valence-electron chi connectivity index (χ3n) is 2.33. The van der Waals surface area contributed by atoms with E-state index in [1.54, 1.807) is 11.3 Å². The van der Waals surface area contributed by atoms with Gasteiger partial charge in [-0.05, 0) is 38.4 Å². The molecule has 0 saturated heterocycles. The van der Waals surface area contributed by atoms with Gasteiger partial charge in [0.1, 0.15) is 9.84 Å². The topological polar surface area (TPSA) is 46.2 Å². The minimum Gasteiger partial charge on any atom is -0.313 e. The van der Waals surface area contributed by atoms with Crippen LogP contribution in [0.3, 0.4) is 0 Å². The van der Waals surface area contributed by atoms with E-state index < -0.39 is 9.84 Å². The third-order valence-corrected chi connectivity index (χ3v) is 4.37. The highest BCUT2D eigenvalue weighted by Gasteiger charge is 2.03. The van der Waals surface area contributed by atoms with Crippen molar-refractivity contribution in [1.82, 2.24) is 5.32 Å². The maximum Gasteiger partial charge on any atom is 0.147 e. The molecule has 1 heterocycles. The first kappa shape index (κ1) is 13.7. The van der Waals surface area contributed by atoms with Crippen molar-refractivity contribution in [2.75, 3.05) is 18.6 Å². The van der Waals surface area contributed by atoms with Crippen molar-refractivity contribution in [1.29, 1.82) is 0 Å². The zero-order valence-corrected chi connectivity index (χ0v) is 11.7. The summed E-state index contributed by atoms with van der Waals surface area (Å²) in [5.41, 5.74) is 1.32. The second-order valence-corrected chi connectivity index (χ2v) is 7.82. The molecule has 0 aromatic carbocycles. The van der Waals surface area contributed by atoms with Gasteiger partial charge in [-0.1, -0.05) is 0 Å². The lowest BCUT2D eigenvalue weighted by Crippen LogP contribution is -2.17. The lowest BCUT2D eigenvalue weighted by Gasteiger charge is -2.03. The van der Waals surface area contributed by atoms with E-state index in [2.05, 4.69) is 25.2 Å². The first-order chi connectivity index (χ1) is 7.38. The second-order valence-electron chi connectivity index (χ2n) is 4.10. The largest absolute Gasteiger partial charge is 0.313 e. The molecule has 0 atom stereocenters. The van der Waals surface area contributed by atoms with Crippen molar-refractivity contribution in [3.63, 3.8) is 0 Å². The van der Waals surface area contributed by atoms with Gasteiger partial charge in [0.05, 0.1) is 5.75 Å². The fourth-order valence-corrected chi connectivity index (χ4v) is 3.16. The summed E-state index contributed by atoms with van der Waals surface area (Å²) in [6.07, 6.45) is 1.96. The summed E-state index contributed by atoms with van der Waals surface area (Å²) < 4.78 is 21.8. The maximum atomic E-state index is 10.9. The molecule has 0 unspecified atom stereocenters. The van der Waals surface area contributed by atoms with Crippen LogP contribution in [-0.2, 0) is 16.4 Å². The second kappa shape index (κ2) is 5.80. The van der Waals surface area contributed by atoms with Gasteiger partial charge in [-0.25, -0.2) is 8.42 Å². The van der Waals surface area contributed by atoms with Gasteiger partial charge in [0, 0.05) is 22.6 Å². The molecular weight excluding hydrogens is 242 g/mol. The molecule has 0 bridgehead atoms. The van der Waals surface area contributed by atoms with Crippen LogP contribution < -0.4 is 5.32 Å². The summed E-state index contributed by atoms with van der Waals surface area (Å²) >= 11 is 1.80. The summed E-state index contributed by atoms with van der Waals surface area (Å²) in [6.45, 7) is 5.80. The normalized spacial score (nSPS) is 11.9. The molecule has 1 aromatic rings. The van der Waals surface area contributed by atoms with Gasteiger partial charge in [0.25, 0.3) is 0 Å². The molecule has 16 heavy (non-hydrogen) atoms. The monoisotopic (exact) mass is 261 g/mol. The molecule has 5 heteroatoms. The predicted octanol–water partition coefficient (Wildman–Crippen LogP) is 1.89. The van der Waals surface area contributed by atoms with Crippen molar-refractivity contribution >= 4 is 21.2 Å². The highest BCUT2D eigenvalue weighted by Crippen LogP contribution is 2.20. The van der Waals surface area contributed by atoms with Crippen molar-refractivity contribution in [3.05, 3.63) is 21.4 Å². The first-order valence-corrected chi connectivity index (χ1v) is 8.20. The van der Waals surface area contributed by atoms with Crippen LogP contribution in [0.15, 0.2) is 6.07 Å². The van der Waals surface area contributed by atoms with Crippen LogP contribution in [-0.4, -0.2) is 27.0 Å². The molecule has 0 aliphatic heterocycles. The quantitative estimate of drug-likeness (QED) is 0.795. The predicted molar refractivity (Wildman–Crippen MR) is 69.8 cm³/mol. The third kappa shape index (κ3) is 5.09. The van der Waals surface area contributed by atoms with E-state index in [-0.39, 0.29) is 5.75 Å². The first-order valence-electron chi connectivity index (χ1n) is 5.33. The van der Waals surface area contributed by atoms with Gasteiger partial charge in [-0.3, -0.25) is 0 Å². The van der Waals surface area contributed by atoms with Crippen molar-refractivity contribution in [2.45, 2.75) is 26.8 Å². The highest BCUT2D eigenvalue weighted by atomic mass is 32.2. The Hall–Kier alpha value is -0.390. The fraction of sp³-hybridized carbons (Fsp3) is 0.636. The summed E-state index contributed by atoms with van der Waals surface area (Å²) in [5.74, 6) is 0.266. The van der Waals surface area contributed by atoms with Gasteiger partial charge in [-0.15, -0.1) is 11.3 Å². The Labute approximate surface area is 102 Å². The van der Waals surface area contributed by atoms with Crippen LogP contribution in [0.4, 0.5) is 0 Å². The standard InChI is InChI=1S/C11H19NO2S2/c1-9-7-11(10(2)15-9)8-12-5-4-6-16(3,13)14/h7,12H,4-6,8H2,1-3H3. The average molecular weight is 261 g/mol. The molecule has 0 spiro atoms. The average Bonchev–Trinajstić information content (AvgIpc) is 2.42. The molecular formula is C11H19NO2S2. The molecule has 0 amide bonds. The van der Waals surface area contributed by atoms with Gasteiger partial charge in [0.2, 0.25) is 0 Å². The van der Waals surface area contributed by atoms with Crippen LogP contribution in [0.5, 0.6) is 0 Å². The van der Waals surface area contributed by atoms with Gasteiger partial charge < -0.3 is 5.32 Å². The van der Waals surface area contributed by atoms with E-state index in [4.69, 9.17) is 0 Å². The van der Waals surface area contributed by atoms with E-state index in [1.165, 1.54) is 21.6 Å². The van der Waals surface area contributed by atoms with E-state index in [0.29, 0.717) is 6.42 Å². The number of thiophene rings is 1. The van der Waals surface area contributed by atoms with Gasteiger partial charge >= 0.3 is 0 Å². The Morgan fingerprint density at radius 3 is 2.56 bits per heavy atom. The van der Waals surface area contributed by atoms with E-state index in [9.17, 15) is 8.42 Å². The number of nitrogens with one attached hydrogen (secondary N) is 1. The molecule has 0 fully saturated rings. The maximum absolute atomic E-state index is 10.9. The Morgan fingerprint density at radius 2 is 2.06 bits per heavy atom. The van der Waals surface area contributed by atoms with Crippen molar-refractivity contribution in [3.8, 4) is 0 Å². The van der Waals surface area contributed by atoms with Crippen LogP contribution in [0.25, 0.3) is 0 Å². The van der Waals surface area contributed by atoms with Gasteiger partial charge in [-0.2, -0.15) is 0 Å². The SMILES string of the molecule is Cc1cc(CNCCCS(C)(=O)=O)c(C)s1. The van der Waals surface area contributed by atoms with Crippen molar-refractivity contribution in [2.24, 2.45) is 0 Å². The van der Waals surface area contributed by atoms with Crippen LogP contribution in [0.1, 0.15) is 21.7 Å². The zero-order valence-electron chi connectivity index (χ0n) is 10.0. The Morgan fingerprint density at radius 1 is 1.38 bits per heavy atom. The lowest BCUT2D eigenvalue weighted by molar-refractivity contribution is 0.594. The smallest absolute Gasteiger partial charge is 0.147 e. The summed E-state index contributed by atoms with van der Waals surface area (Å²) in [6, 6.07) is 2.18. The Balaban J connectivity index is 2.24. The summed E-state index contributed by atoms with van der Waals surface area (Å²) in [5, 5.41) is 3.27. The van der Waals surface area contributed by atoms with Crippen molar-refractivity contribution < 1.29 is 8.42 Å². The van der Waals surface area contributed by atoms with E-state index in [0.717, 1.165) is 13.1 Å². The molecule has 1 rings (SSSR count). The fourth-order valence-electron chi connectivity index (χ4n) is 1.54. The molecule has 0 aliphatic carbocycles. The number of rotatable bonds is 6. The van der Waals surface area contributed by atoms with E-state index >= 15 is 0 Å². The minimum absolute atomic E-state index is 0.266. The van der Waals surface area contributed by atoms with Crippen LogP contribution >= 0.6 is 11.3 Å². The highest BCUT2D eigenvalue weighted by molar-refractivity contribution is 7.90. The molecule has 0 aliphatic rings. The lowest BCUT2D eigenvalue weighted by atomic mass is 10.2. The number of hydrogen-bond donors (Lipinski definition) is 1. The zero-order chi connectivity index (χ0) is 12.2. The number of sulfone groups is 1. The molecule has 92 valence electrons. The van der Waals surface area contributed by atoms with Crippen LogP contribution in [0, 0.1) is 13.8 Å². The Kier molecular flexibility index (Phi) is 4.95. The van der Waals surface area contributed by atoms with Crippen LogP contribution in [0.2, 0.25) is 0 Å². The van der Waals surface area contributed by atoms with Gasteiger partial charge in [0.15, 0.2) is 0 Å². The number of aryl methyl sites for hydroxylation is 2. The Bertz CT molecular complexity index is 435. The molecule has 1 N–H and O–H groups in total. The molecule has 1 aromatic heterocycles. The summed E-state index contributed by atoms with van der Waals surface area (Å²) in [7, 11) is -2.81. The minimum atomic E-state index is -2.81. The molecule has 3 nitrogen and oxygen atoms in total. The molecule has 0 saturated carbocycles.